The third kappa shape index (κ3) is 4.24. The van der Waals surface area contributed by atoms with E-state index in [1.807, 2.05) is 35.7 Å². The minimum absolute atomic E-state index is 0.0184. The summed E-state index contributed by atoms with van der Waals surface area (Å²) in [6.07, 6.45) is 1.62. The number of hydrogen-bond acceptors (Lipinski definition) is 7. The number of carbonyl (C=O) groups excluding carboxylic acids is 1. The van der Waals surface area contributed by atoms with Crippen molar-refractivity contribution < 1.29 is 14.6 Å². The first-order chi connectivity index (χ1) is 15.5. The molecule has 0 fully saturated rings. The van der Waals surface area contributed by atoms with Crippen molar-refractivity contribution in [3.63, 3.8) is 0 Å². The fourth-order valence-corrected chi connectivity index (χ4v) is 4.35. The van der Waals surface area contributed by atoms with Gasteiger partial charge in [-0.25, -0.2) is 4.68 Å². The molecule has 0 unspecified atom stereocenters. The zero-order chi connectivity index (χ0) is 22.7. The maximum Gasteiger partial charge on any atom is 0.262 e. The molecule has 0 radical (unpaired) electrons. The molecule has 2 aromatic carbocycles. The second-order valence-corrected chi connectivity index (χ2v) is 7.98. The van der Waals surface area contributed by atoms with E-state index in [0.717, 1.165) is 30.0 Å². The van der Waals surface area contributed by atoms with E-state index in [0.29, 0.717) is 21.8 Å². The van der Waals surface area contributed by atoms with E-state index < -0.39 is 0 Å². The zero-order valence-electron chi connectivity index (χ0n) is 18.2. The standard InChI is InChI=1S/C23H25N5O3S/c1-4-27(5-2)17-8-6-16(20(29)11-17)12-25-28-19(14-32-23(28)24-3)15-7-9-21-18(10-15)26-22(30)13-31-21/h6-12,14,29H,4-5,13H2,1-3H3,(H,26,30). The lowest BCUT2D eigenvalue weighted by atomic mass is 10.1. The van der Waals surface area contributed by atoms with Crippen LogP contribution in [0.5, 0.6) is 11.5 Å². The van der Waals surface area contributed by atoms with Gasteiger partial charge in [-0.1, -0.05) is 0 Å². The average molecular weight is 452 g/mol. The number of anilines is 2. The Balaban J connectivity index is 1.69. The highest BCUT2D eigenvalue weighted by Crippen LogP contribution is 2.33. The number of carbonyl (C=O) groups is 1. The molecule has 0 spiro atoms. The Morgan fingerprint density at radius 2 is 2.06 bits per heavy atom. The number of nitrogens with one attached hydrogen (secondary N) is 1. The molecule has 9 heteroatoms. The van der Waals surface area contributed by atoms with E-state index in [-0.39, 0.29) is 18.3 Å². The molecular weight excluding hydrogens is 426 g/mol. The van der Waals surface area contributed by atoms with Gasteiger partial charge in [0.15, 0.2) is 6.61 Å². The number of fused-ring (bicyclic) bond motifs is 1. The third-order valence-electron chi connectivity index (χ3n) is 5.24. The molecule has 2 heterocycles. The van der Waals surface area contributed by atoms with Gasteiger partial charge in [0.1, 0.15) is 11.5 Å². The number of amides is 1. The van der Waals surface area contributed by atoms with Crippen molar-refractivity contribution in [1.82, 2.24) is 4.68 Å². The minimum Gasteiger partial charge on any atom is -0.507 e. The SMILES string of the molecule is CCN(CC)c1ccc(C=Nn2c(-c3ccc4c(c3)NC(=O)CO4)csc2=NC)c(O)c1. The number of thiazole rings is 1. The quantitative estimate of drug-likeness (QED) is 0.561. The van der Waals surface area contributed by atoms with Crippen molar-refractivity contribution in [3.05, 3.63) is 52.1 Å². The van der Waals surface area contributed by atoms with Gasteiger partial charge in [-0.05, 0) is 44.2 Å². The van der Waals surface area contributed by atoms with Crippen LogP contribution in [-0.2, 0) is 4.79 Å². The van der Waals surface area contributed by atoms with Crippen molar-refractivity contribution >= 4 is 34.8 Å². The van der Waals surface area contributed by atoms with E-state index in [1.165, 1.54) is 11.3 Å². The molecule has 2 N–H and O–H groups in total. The largest absolute Gasteiger partial charge is 0.507 e. The first-order valence-electron chi connectivity index (χ1n) is 10.4. The summed E-state index contributed by atoms with van der Waals surface area (Å²) in [5.74, 6) is 0.621. The Morgan fingerprint density at radius 3 is 2.78 bits per heavy atom. The predicted molar refractivity (Wildman–Crippen MR) is 128 cm³/mol. The maximum atomic E-state index is 11.7. The van der Waals surface area contributed by atoms with Crippen molar-refractivity contribution in [2.45, 2.75) is 13.8 Å². The van der Waals surface area contributed by atoms with Crippen LogP contribution in [0.2, 0.25) is 0 Å². The molecule has 1 aliphatic rings. The number of hydrogen-bond donors (Lipinski definition) is 2. The summed E-state index contributed by atoms with van der Waals surface area (Å²) >= 11 is 1.46. The second kappa shape index (κ2) is 9.27. The van der Waals surface area contributed by atoms with Gasteiger partial charge in [0.2, 0.25) is 4.80 Å². The summed E-state index contributed by atoms with van der Waals surface area (Å²) < 4.78 is 7.17. The molecule has 0 aliphatic carbocycles. The summed E-state index contributed by atoms with van der Waals surface area (Å²) in [5, 5.41) is 19.9. The van der Waals surface area contributed by atoms with Gasteiger partial charge < -0.3 is 20.1 Å². The molecule has 3 aromatic rings. The van der Waals surface area contributed by atoms with Crippen LogP contribution in [-0.4, -0.2) is 48.6 Å². The molecular formula is C23H25N5O3S. The van der Waals surface area contributed by atoms with Gasteiger partial charge in [0, 0.05) is 48.4 Å². The smallest absolute Gasteiger partial charge is 0.262 e. The molecule has 1 aliphatic heterocycles. The molecule has 0 atom stereocenters. The number of nitrogens with zero attached hydrogens (tertiary/aromatic N) is 4. The molecule has 1 aromatic heterocycles. The van der Waals surface area contributed by atoms with Gasteiger partial charge in [-0.15, -0.1) is 11.3 Å². The van der Waals surface area contributed by atoms with E-state index >= 15 is 0 Å². The van der Waals surface area contributed by atoms with Crippen molar-refractivity contribution in [3.8, 4) is 22.8 Å². The van der Waals surface area contributed by atoms with Crippen molar-refractivity contribution in [2.75, 3.05) is 37.0 Å². The van der Waals surface area contributed by atoms with Crippen molar-refractivity contribution in [1.29, 1.82) is 0 Å². The van der Waals surface area contributed by atoms with Crippen LogP contribution in [0.4, 0.5) is 11.4 Å². The number of phenols is 1. The number of ether oxygens (including phenoxy) is 1. The maximum absolute atomic E-state index is 11.7. The Kier molecular flexibility index (Phi) is 6.27. The van der Waals surface area contributed by atoms with E-state index in [9.17, 15) is 9.90 Å². The van der Waals surface area contributed by atoms with Gasteiger partial charge >= 0.3 is 0 Å². The van der Waals surface area contributed by atoms with E-state index in [4.69, 9.17) is 4.74 Å². The van der Waals surface area contributed by atoms with Crippen LogP contribution < -0.4 is 19.8 Å². The molecule has 4 rings (SSSR count). The highest BCUT2D eigenvalue weighted by Gasteiger charge is 2.17. The lowest BCUT2D eigenvalue weighted by Crippen LogP contribution is -2.25. The third-order valence-corrected chi connectivity index (χ3v) is 6.15. The van der Waals surface area contributed by atoms with E-state index in [1.54, 1.807) is 24.0 Å². The van der Waals surface area contributed by atoms with Crippen LogP contribution in [0, 0.1) is 0 Å². The van der Waals surface area contributed by atoms with Gasteiger partial charge in [0.05, 0.1) is 17.6 Å². The highest BCUT2D eigenvalue weighted by molar-refractivity contribution is 7.07. The average Bonchev–Trinajstić information content (AvgIpc) is 3.21. The molecule has 0 saturated carbocycles. The fourth-order valence-electron chi connectivity index (χ4n) is 3.55. The summed E-state index contributed by atoms with van der Waals surface area (Å²) in [5.41, 5.74) is 3.88. The topological polar surface area (TPSA) is 91.5 Å². The highest BCUT2D eigenvalue weighted by atomic mass is 32.1. The molecule has 8 nitrogen and oxygen atoms in total. The first kappa shape index (κ1) is 21.6. The molecule has 32 heavy (non-hydrogen) atoms. The van der Waals surface area contributed by atoms with Crippen LogP contribution in [0.1, 0.15) is 19.4 Å². The summed E-state index contributed by atoms with van der Waals surface area (Å²) in [6, 6.07) is 11.2. The lowest BCUT2D eigenvalue weighted by molar-refractivity contribution is -0.118. The Hall–Kier alpha value is -3.59. The fraction of sp³-hybridized carbons (Fsp3) is 0.261. The molecule has 0 bridgehead atoms. The monoisotopic (exact) mass is 451 g/mol. The Bertz CT molecular complexity index is 1240. The number of aromatic nitrogens is 1. The zero-order valence-corrected chi connectivity index (χ0v) is 19.0. The summed E-state index contributed by atoms with van der Waals surface area (Å²) in [4.78, 5) is 18.9. The van der Waals surface area contributed by atoms with Crippen LogP contribution in [0.3, 0.4) is 0 Å². The summed E-state index contributed by atoms with van der Waals surface area (Å²) in [7, 11) is 1.71. The van der Waals surface area contributed by atoms with Crippen LogP contribution in [0.15, 0.2) is 51.9 Å². The lowest BCUT2D eigenvalue weighted by Gasteiger charge is -2.21. The van der Waals surface area contributed by atoms with Crippen LogP contribution >= 0.6 is 11.3 Å². The number of benzene rings is 2. The molecule has 0 saturated heterocycles. The number of phenolic OH excluding ortho intramolecular Hbond substituents is 1. The van der Waals surface area contributed by atoms with Crippen molar-refractivity contribution in [2.24, 2.45) is 10.1 Å². The Labute approximate surface area is 190 Å². The van der Waals surface area contributed by atoms with Gasteiger partial charge in [-0.3, -0.25) is 9.79 Å². The van der Waals surface area contributed by atoms with Crippen LogP contribution in [0.25, 0.3) is 11.3 Å². The number of aromatic hydroxyl groups is 1. The van der Waals surface area contributed by atoms with Gasteiger partial charge in [0.25, 0.3) is 5.91 Å². The van der Waals surface area contributed by atoms with Gasteiger partial charge in [-0.2, -0.15) is 5.10 Å². The minimum atomic E-state index is -0.182. The van der Waals surface area contributed by atoms with E-state index in [2.05, 4.69) is 34.2 Å². The normalized spacial score (nSPS) is 13.7. The predicted octanol–water partition coefficient (Wildman–Crippen LogP) is 3.51. The Morgan fingerprint density at radius 1 is 1.25 bits per heavy atom. The first-order valence-corrected chi connectivity index (χ1v) is 11.2. The molecule has 166 valence electrons. The second-order valence-electron chi connectivity index (χ2n) is 7.15. The summed E-state index contributed by atoms with van der Waals surface area (Å²) in [6.45, 7) is 5.91. The number of rotatable bonds is 6. The molecule has 1 amide bonds.